The summed E-state index contributed by atoms with van der Waals surface area (Å²) in [6.07, 6.45) is 3.80. The third-order valence-corrected chi connectivity index (χ3v) is 5.29. The van der Waals surface area contributed by atoms with Crippen LogP contribution in [0, 0.1) is 6.92 Å². The molecule has 132 valence electrons. The summed E-state index contributed by atoms with van der Waals surface area (Å²) >= 11 is 1.85. The van der Waals surface area contributed by atoms with Gasteiger partial charge in [-0.1, -0.05) is 12.1 Å². The molecule has 3 aromatic rings. The first kappa shape index (κ1) is 17.9. The number of aromatic nitrogens is 2. The van der Waals surface area contributed by atoms with Crippen molar-refractivity contribution in [1.82, 2.24) is 19.6 Å². The largest absolute Gasteiger partial charge is 0.308 e. The van der Waals surface area contributed by atoms with E-state index in [9.17, 15) is 0 Å². The monoisotopic (exact) mass is 354 g/mol. The van der Waals surface area contributed by atoms with Gasteiger partial charge in [-0.3, -0.25) is 4.90 Å². The molecule has 0 saturated heterocycles. The molecule has 0 aliphatic rings. The molecule has 2 heterocycles. The second kappa shape index (κ2) is 8.43. The Morgan fingerprint density at radius 1 is 1.08 bits per heavy atom. The van der Waals surface area contributed by atoms with Crippen LogP contribution in [0.25, 0.3) is 5.69 Å². The Labute approximate surface area is 154 Å². The van der Waals surface area contributed by atoms with Crippen LogP contribution in [0.3, 0.4) is 0 Å². The molecule has 0 aliphatic heterocycles. The fourth-order valence-electron chi connectivity index (χ4n) is 2.80. The van der Waals surface area contributed by atoms with Gasteiger partial charge in [0.05, 0.1) is 5.69 Å². The molecule has 5 heteroatoms. The Bertz CT molecular complexity index is 777. The minimum atomic E-state index is 0.945. The molecular formula is C20H26N4S. The summed E-state index contributed by atoms with van der Waals surface area (Å²) in [4.78, 5) is 6.23. The Kier molecular flexibility index (Phi) is 6.02. The SMILES string of the molecule is Cc1ccsc1CN(CCN(C)C)Cc1cccc(-n2cccn2)c1. The quantitative estimate of drug-likeness (QED) is 0.615. The van der Waals surface area contributed by atoms with Gasteiger partial charge in [0.25, 0.3) is 0 Å². The molecule has 0 N–H and O–H groups in total. The molecule has 0 atom stereocenters. The lowest BCUT2D eigenvalue weighted by Gasteiger charge is -2.24. The van der Waals surface area contributed by atoms with E-state index in [1.807, 2.05) is 34.5 Å². The Hall–Kier alpha value is -1.95. The number of nitrogens with zero attached hydrogens (tertiary/aromatic N) is 4. The second-order valence-corrected chi connectivity index (χ2v) is 7.66. The lowest BCUT2D eigenvalue weighted by molar-refractivity contribution is 0.227. The summed E-state index contributed by atoms with van der Waals surface area (Å²) in [5, 5.41) is 6.52. The van der Waals surface area contributed by atoms with Crippen molar-refractivity contribution in [1.29, 1.82) is 0 Å². The van der Waals surface area contributed by atoms with Crippen molar-refractivity contribution in [3.63, 3.8) is 0 Å². The van der Waals surface area contributed by atoms with Gasteiger partial charge in [-0.2, -0.15) is 5.10 Å². The van der Waals surface area contributed by atoms with Crippen molar-refractivity contribution in [2.24, 2.45) is 0 Å². The molecule has 4 nitrogen and oxygen atoms in total. The molecule has 1 aromatic carbocycles. The molecule has 0 fully saturated rings. The van der Waals surface area contributed by atoms with E-state index in [-0.39, 0.29) is 0 Å². The van der Waals surface area contributed by atoms with E-state index < -0.39 is 0 Å². The van der Waals surface area contributed by atoms with Crippen molar-refractivity contribution in [2.75, 3.05) is 27.2 Å². The Morgan fingerprint density at radius 2 is 1.96 bits per heavy atom. The van der Waals surface area contributed by atoms with Gasteiger partial charge in [-0.05, 0) is 61.8 Å². The second-order valence-electron chi connectivity index (χ2n) is 6.66. The highest BCUT2D eigenvalue weighted by Gasteiger charge is 2.11. The molecule has 0 saturated carbocycles. The zero-order valence-corrected chi connectivity index (χ0v) is 16.0. The van der Waals surface area contributed by atoms with E-state index in [1.54, 1.807) is 0 Å². The lowest BCUT2D eigenvalue weighted by Crippen LogP contribution is -2.31. The molecule has 0 spiro atoms. The molecule has 0 aliphatic carbocycles. The topological polar surface area (TPSA) is 24.3 Å². The first-order chi connectivity index (χ1) is 12.1. The Balaban J connectivity index is 1.75. The van der Waals surface area contributed by atoms with Crippen molar-refractivity contribution < 1.29 is 0 Å². The Morgan fingerprint density at radius 3 is 2.64 bits per heavy atom. The third kappa shape index (κ3) is 5.01. The molecule has 0 amide bonds. The van der Waals surface area contributed by atoms with Crippen LogP contribution in [0.4, 0.5) is 0 Å². The highest BCUT2D eigenvalue weighted by molar-refractivity contribution is 7.10. The number of likely N-dealkylation sites (N-methyl/N-ethyl adjacent to an activating group) is 1. The maximum Gasteiger partial charge on any atom is 0.0648 e. The van der Waals surface area contributed by atoms with Gasteiger partial charge < -0.3 is 4.90 Å². The van der Waals surface area contributed by atoms with E-state index in [2.05, 4.69) is 71.6 Å². The number of rotatable bonds is 8. The first-order valence-corrected chi connectivity index (χ1v) is 9.49. The molecule has 0 bridgehead atoms. The normalized spacial score (nSPS) is 11.6. The third-order valence-electron chi connectivity index (χ3n) is 4.28. The summed E-state index contributed by atoms with van der Waals surface area (Å²) in [5.74, 6) is 0. The number of hydrogen-bond acceptors (Lipinski definition) is 4. The van der Waals surface area contributed by atoms with Crippen molar-refractivity contribution in [3.05, 3.63) is 70.2 Å². The molecule has 0 radical (unpaired) electrons. The molecule has 2 aromatic heterocycles. The van der Waals surface area contributed by atoms with Crippen LogP contribution in [0.2, 0.25) is 0 Å². The van der Waals surface area contributed by atoms with Crippen LogP contribution >= 0.6 is 11.3 Å². The van der Waals surface area contributed by atoms with Crippen LogP contribution in [0.1, 0.15) is 16.0 Å². The fraction of sp³-hybridized carbons (Fsp3) is 0.350. The highest BCUT2D eigenvalue weighted by Crippen LogP contribution is 2.20. The first-order valence-electron chi connectivity index (χ1n) is 8.61. The van der Waals surface area contributed by atoms with Gasteiger partial charge in [0.1, 0.15) is 0 Å². The van der Waals surface area contributed by atoms with Crippen molar-refractivity contribution >= 4 is 11.3 Å². The standard InChI is InChI=1S/C20H26N4S/c1-17-8-13-25-20(17)16-23(12-11-22(2)3)15-18-6-4-7-19(14-18)24-10-5-9-21-24/h4-10,13-14H,11-12,15-16H2,1-3H3. The summed E-state index contributed by atoms with van der Waals surface area (Å²) in [7, 11) is 4.26. The lowest BCUT2D eigenvalue weighted by atomic mass is 10.1. The zero-order valence-electron chi connectivity index (χ0n) is 15.2. The van der Waals surface area contributed by atoms with Crippen LogP contribution in [-0.4, -0.2) is 46.8 Å². The van der Waals surface area contributed by atoms with Gasteiger partial charge in [0.15, 0.2) is 0 Å². The van der Waals surface area contributed by atoms with Crippen LogP contribution in [0.15, 0.2) is 54.2 Å². The maximum atomic E-state index is 4.34. The predicted octanol–water partition coefficient (Wildman–Crippen LogP) is 3.81. The van der Waals surface area contributed by atoms with E-state index in [0.29, 0.717) is 0 Å². The van der Waals surface area contributed by atoms with Gasteiger partial charge in [-0.25, -0.2) is 4.68 Å². The van der Waals surface area contributed by atoms with Crippen LogP contribution < -0.4 is 0 Å². The van der Waals surface area contributed by atoms with Gasteiger partial charge >= 0.3 is 0 Å². The van der Waals surface area contributed by atoms with Crippen molar-refractivity contribution in [3.8, 4) is 5.69 Å². The van der Waals surface area contributed by atoms with E-state index in [0.717, 1.165) is 31.9 Å². The summed E-state index contributed by atoms with van der Waals surface area (Å²) in [5.41, 5.74) is 3.83. The van der Waals surface area contributed by atoms with Crippen molar-refractivity contribution in [2.45, 2.75) is 20.0 Å². The van der Waals surface area contributed by atoms with Gasteiger partial charge in [0.2, 0.25) is 0 Å². The molecule has 0 unspecified atom stereocenters. The molecule has 3 rings (SSSR count). The summed E-state index contributed by atoms with van der Waals surface area (Å²) in [6.45, 7) is 6.26. The highest BCUT2D eigenvalue weighted by atomic mass is 32.1. The van der Waals surface area contributed by atoms with Crippen LogP contribution in [-0.2, 0) is 13.1 Å². The zero-order chi connectivity index (χ0) is 17.6. The minimum Gasteiger partial charge on any atom is -0.308 e. The molecular weight excluding hydrogens is 328 g/mol. The fourth-order valence-corrected chi connectivity index (χ4v) is 3.75. The number of aryl methyl sites for hydroxylation is 1. The maximum absolute atomic E-state index is 4.34. The predicted molar refractivity (Wildman–Crippen MR) is 105 cm³/mol. The van der Waals surface area contributed by atoms with Gasteiger partial charge in [-0.15, -0.1) is 11.3 Å². The van der Waals surface area contributed by atoms with E-state index in [1.165, 1.54) is 16.0 Å². The van der Waals surface area contributed by atoms with E-state index in [4.69, 9.17) is 0 Å². The number of thiophene rings is 1. The average molecular weight is 355 g/mol. The smallest absolute Gasteiger partial charge is 0.0648 e. The van der Waals surface area contributed by atoms with E-state index >= 15 is 0 Å². The summed E-state index contributed by atoms with van der Waals surface area (Å²) < 4.78 is 1.91. The average Bonchev–Trinajstić information content (AvgIpc) is 3.25. The summed E-state index contributed by atoms with van der Waals surface area (Å²) in [6, 6.07) is 12.8. The minimum absolute atomic E-state index is 0.945. The number of benzene rings is 1. The van der Waals surface area contributed by atoms with Gasteiger partial charge in [0, 0.05) is 43.4 Å². The molecule has 25 heavy (non-hydrogen) atoms. The number of hydrogen-bond donors (Lipinski definition) is 0. The van der Waals surface area contributed by atoms with Crippen LogP contribution in [0.5, 0.6) is 0 Å².